The summed E-state index contributed by atoms with van der Waals surface area (Å²) in [7, 11) is 0.919. The quantitative estimate of drug-likeness (QED) is 0.420. The molecule has 1 aromatic heterocycles. The minimum absolute atomic E-state index is 0.0329. The van der Waals surface area contributed by atoms with Gasteiger partial charge in [0.1, 0.15) is 22.6 Å². The Morgan fingerprint density at radius 2 is 1.88 bits per heavy atom. The maximum absolute atomic E-state index is 12.7. The van der Waals surface area contributed by atoms with Crippen LogP contribution in [0.1, 0.15) is 13.8 Å². The minimum atomic E-state index is -0.701. The van der Waals surface area contributed by atoms with Crippen LogP contribution in [0.5, 0.6) is 0 Å². The van der Waals surface area contributed by atoms with Crippen molar-refractivity contribution < 1.29 is 8.99 Å². The molecule has 0 radical (unpaired) electrons. The number of benzene rings is 1. The van der Waals surface area contributed by atoms with Gasteiger partial charge in [0.15, 0.2) is 0 Å². The van der Waals surface area contributed by atoms with E-state index < -0.39 is 11.4 Å². The topological polar surface area (TPSA) is 80.0 Å². The molecular formula is C17H18FN3O3S2. The van der Waals surface area contributed by atoms with Gasteiger partial charge in [0.25, 0.3) is 0 Å². The molecule has 0 atom stereocenters. The standard InChI is InChI=1S/C17H18FN3O3S2/c1-10(2)11(3)9-15(12(4)22)21-17(24)20(16(23)19-21)13-5-7-14(8-6-13)25-26-18/h5-10,22H,3-4H2,1-2H3,(H,19,23)/b15-9+. The third kappa shape index (κ3) is 4.23. The average molecular weight is 395 g/mol. The molecule has 2 N–H and O–H groups in total. The predicted molar refractivity (Wildman–Crippen MR) is 105 cm³/mol. The van der Waals surface area contributed by atoms with E-state index in [4.69, 9.17) is 0 Å². The number of aliphatic hydroxyl groups is 1. The molecule has 0 aliphatic carbocycles. The summed E-state index contributed by atoms with van der Waals surface area (Å²) in [5, 5.41) is 12.2. The Morgan fingerprint density at radius 3 is 2.38 bits per heavy atom. The fraction of sp³-hybridized carbons (Fsp3) is 0.176. The summed E-state index contributed by atoms with van der Waals surface area (Å²) in [5.74, 6) is -0.304. The van der Waals surface area contributed by atoms with Crippen molar-refractivity contribution in [2.75, 3.05) is 0 Å². The minimum Gasteiger partial charge on any atom is -0.506 e. The number of nitrogens with zero attached hydrogens (tertiary/aromatic N) is 2. The molecule has 2 rings (SSSR count). The predicted octanol–water partition coefficient (Wildman–Crippen LogP) is 4.08. The molecule has 138 valence electrons. The Hall–Kier alpha value is -2.39. The second-order valence-corrected chi connectivity index (χ2v) is 7.36. The summed E-state index contributed by atoms with van der Waals surface area (Å²) < 4.78 is 14.1. The molecule has 0 amide bonds. The summed E-state index contributed by atoms with van der Waals surface area (Å²) in [6.07, 6.45) is 1.49. The molecule has 9 heteroatoms. The van der Waals surface area contributed by atoms with Gasteiger partial charge in [0.2, 0.25) is 0 Å². The third-order valence-corrected chi connectivity index (χ3v) is 4.91. The first-order valence-corrected chi connectivity index (χ1v) is 9.60. The molecule has 0 aliphatic heterocycles. The Morgan fingerprint density at radius 1 is 1.27 bits per heavy atom. The number of H-pyrrole nitrogens is 1. The van der Waals surface area contributed by atoms with Gasteiger partial charge in [-0.05, 0) is 47.1 Å². The molecule has 2 aromatic rings. The SMILES string of the molecule is C=C(O)/C(=C\C(=C)C(C)C)n1[nH]c(=O)n(-c2ccc(SSF)cc2)c1=O. The van der Waals surface area contributed by atoms with Crippen molar-refractivity contribution in [3.8, 4) is 5.69 Å². The lowest BCUT2D eigenvalue weighted by Crippen LogP contribution is -2.27. The fourth-order valence-corrected chi connectivity index (χ4v) is 2.95. The maximum atomic E-state index is 12.7. The first kappa shape index (κ1) is 19.9. The van der Waals surface area contributed by atoms with E-state index in [2.05, 4.69) is 18.3 Å². The lowest BCUT2D eigenvalue weighted by atomic mass is 10.0. The van der Waals surface area contributed by atoms with Crippen molar-refractivity contribution in [2.24, 2.45) is 5.92 Å². The van der Waals surface area contributed by atoms with Crippen LogP contribution in [0.3, 0.4) is 0 Å². The number of halogens is 1. The highest BCUT2D eigenvalue weighted by Crippen LogP contribution is 2.31. The van der Waals surface area contributed by atoms with Crippen LogP contribution in [0.2, 0.25) is 0 Å². The second-order valence-electron chi connectivity index (χ2n) is 5.72. The van der Waals surface area contributed by atoms with Gasteiger partial charge in [0.05, 0.1) is 5.69 Å². The number of aromatic amines is 1. The third-order valence-electron chi connectivity index (χ3n) is 3.62. The van der Waals surface area contributed by atoms with Crippen LogP contribution in [0, 0.1) is 5.92 Å². The van der Waals surface area contributed by atoms with E-state index in [0.29, 0.717) is 16.2 Å². The molecule has 0 aliphatic rings. The van der Waals surface area contributed by atoms with E-state index >= 15 is 0 Å². The normalized spacial score (nSPS) is 11.8. The average Bonchev–Trinajstić information content (AvgIpc) is 2.87. The Labute approximate surface area is 157 Å². The molecule has 0 spiro atoms. The molecule has 26 heavy (non-hydrogen) atoms. The van der Waals surface area contributed by atoms with Gasteiger partial charge in [-0.25, -0.2) is 19.3 Å². The van der Waals surface area contributed by atoms with E-state index in [0.717, 1.165) is 20.0 Å². The van der Waals surface area contributed by atoms with Crippen molar-refractivity contribution in [3.05, 3.63) is 75.8 Å². The van der Waals surface area contributed by atoms with E-state index in [1.807, 2.05) is 13.8 Å². The number of hydrogen-bond donors (Lipinski definition) is 2. The van der Waals surface area contributed by atoms with Crippen molar-refractivity contribution in [1.82, 2.24) is 14.3 Å². The second kappa shape index (κ2) is 8.33. The van der Waals surface area contributed by atoms with Gasteiger partial charge < -0.3 is 5.11 Å². The zero-order valence-corrected chi connectivity index (χ0v) is 15.9. The number of nitrogens with one attached hydrogen (secondary N) is 1. The summed E-state index contributed by atoms with van der Waals surface area (Å²) in [6.45, 7) is 11.1. The summed E-state index contributed by atoms with van der Waals surface area (Å²) in [6, 6.07) is 6.25. The first-order chi connectivity index (χ1) is 12.3. The Kier molecular flexibility index (Phi) is 6.38. The van der Waals surface area contributed by atoms with Gasteiger partial charge >= 0.3 is 11.4 Å². The molecular weight excluding hydrogens is 377 g/mol. The number of rotatable bonds is 7. The van der Waals surface area contributed by atoms with Crippen molar-refractivity contribution in [1.29, 1.82) is 0 Å². The maximum Gasteiger partial charge on any atom is 0.356 e. The molecule has 0 bridgehead atoms. The Balaban J connectivity index is 2.56. The number of aliphatic hydroxyl groups excluding tert-OH is 1. The van der Waals surface area contributed by atoms with Crippen molar-refractivity contribution >= 4 is 27.7 Å². The highest BCUT2D eigenvalue weighted by atomic mass is 33.1. The highest BCUT2D eigenvalue weighted by Gasteiger charge is 2.16. The first-order valence-electron chi connectivity index (χ1n) is 7.55. The smallest absolute Gasteiger partial charge is 0.356 e. The molecule has 0 saturated carbocycles. The van der Waals surface area contributed by atoms with Gasteiger partial charge in [0, 0.05) is 4.90 Å². The largest absolute Gasteiger partial charge is 0.506 e. The van der Waals surface area contributed by atoms with Crippen LogP contribution < -0.4 is 11.4 Å². The summed E-state index contributed by atoms with van der Waals surface area (Å²) in [5.41, 5.74) is -0.383. The molecule has 1 aromatic carbocycles. The van der Waals surface area contributed by atoms with E-state index in [1.54, 1.807) is 12.1 Å². The number of hydrogen-bond acceptors (Lipinski definition) is 5. The monoisotopic (exact) mass is 395 g/mol. The summed E-state index contributed by atoms with van der Waals surface area (Å²) >= 11 is 0.105. The Bertz CT molecular complexity index is 968. The molecule has 6 nitrogen and oxygen atoms in total. The molecule has 0 fully saturated rings. The summed E-state index contributed by atoms with van der Waals surface area (Å²) in [4.78, 5) is 25.6. The number of aromatic nitrogens is 3. The number of allylic oxidation sites excluding steroid dienone is 3. The molecule has 0 saturated heterocycles. The van der Waals surface area contributed by atoms with E-state index in [9.17, 15) is 18.6 Å². The van der Waals surface area contributed by atoms with Gasteiger partial charge in [-0.3, -0.25) is 0 Å². The van der Waals surface area contributed by atoms with Crippen LogP contribution in [-0.4, -0.2) is 19.5 Å². The van der Waals surface area contributed by atoms with E-state index in [1.165, 1.54) is 18.2 Å². The highest BCUT2D eigenvalue weighted by molar-refractivity contribution is 8.74. The zero-order chi connectivity index (χ0) is 19.4. The lowest BCUT2D eigenvalue weighted by Gasteiger charge is -2.09. The molecule has 1 heterocycles. The lowest BCUT2D eigenvalue weighted by molar-refractivity contribution is 0.432. The van der Waals surface area contributed by atoms with Gasteiger partial charge in [-0.15, -0.1) is 0 Å². The van der Waals surface area contributed by atoms with Crippen LogP contribution in [0.15, 0.2) is 69.3 Å². The molecule has 0 unspecified atom stereocenters. The van der Waals surface area contributed by atoms with Gasteiger partial charge in [-0.1, -0.05) is 32.6 Å². The van der Waals surface area contributed by atoms with Crippen LogP contribution in [0.4, 0.5) is 3.89 Å². The van der Waals surface area contributed by atoms with Crippen LogP contribution in [0.25, 0.3) is 11.4 Å². The van der Waals surface area contributed by atoms with E-state index in [-0.39, 0.29) is 28.6 Å². The van der Waals surface area contributed by atoms with Crippen molar-refractivity contribution in [3.63, 3.8) is 0 Å². The van der Waals surface area contributed by atoms with Crippen LogP contribution in [-0.2, 0) is 0 Å². The van der Waals surface area contributed by atoms with Crippen molar-refractivity contribution in [2.45, 2.75) is 18.7 Å². The van der Waals surface area contributed by atoms with Gasteiger partial charge in [-0.2, -0.15) is 8.57 Å². The fourth-order valence-electron chi connectivity index (χ4n) is 2.08. The zero-order valence-electron chi connectivity index (χ0n) is 14.2. The van der Waals surface area contributed by atoms with Crippen LogP contribution >= 0.6 is 22.0 Å².